The number of anilines is 2. The van der Waals surface area contributed by atoms with Crippen molar-refractivity contribution in [2.24, 2.45) is 0 Å². The number of carbonyl (C=O) groups is 1. The zero-order valence-corrected chi connectivity index (χ0v) is 24.9. The molecule has 4 N–H and O–H groups in total. The molecule has 0 bridgehead atoms. The summed E-state index contributed by atoms with van der Waals surface area (Å²) in [6.07, 6.45) is 7.86. The first kappa shape index (κ1) is 29.6. The van der Waals surface area contributed by atoms with Crippen LogP contribution in [0.2, 0.25) is 10.0 Å². The van der Waals surface area contributed by atoms with Crippen LogP contribution < -0.4 is 16.4 Å². The van der Waals surface area contributed by atoms with Gasteiger partial charge in [-0.05, 0) is 69.3 Å². The summed E-state index contributed by atoms with van der Waals surface area (Å²) in [5, 5.41) is 7.76. The molecule has 10 heteroatoms. The van der Waals surface area contributed by atoms with E-state index >= 15 is 0 Å². The third-order valence-electron chi connectivity index (χ3n) is 8.10. The van der Waals surface area contributed by atoms with E-state index in [-0.39, 0.29) is 18.1 Å². The van der Waals surface area contributed by atoms with Gasteiger partial charge in [0.1, 0.15) is 12.1 Å². The number of hydrogen-bond acceptors (Lipinski definition) is 8. The number of rotatable bonds is 10. The van der Waals surface area contributed by atoms with Crippen LogP contribution in [0.15, 0.2) is 48.7 Å². The third kappa shape index (κ3) is 7.49. The van der Waals surface area contributed by atoms with E-state index in [2.05, 4.69) is 51.7 Å². The highest BCUT2D eigenvalue weighted by atomic mass is 35.5. The Labute approximate surface area is 252 Å². The van der Waals surface area contributed by atoms with E-state index in [1.807, 2.05) is 6.07 Å². The Morgan fingerprint density at radius 2 is 1.85 bits per heavy atom. The Kier molecular flexibility index (Phi) is 9.98. The van der Waals surface area contributed by atoms with Crippen molar-refractivity contribution in [3.8, 4) is 11.3 Å². The number of benzene rings is 2. The first-order valence-electron chi connectivity index (χ1n) is 14.5. The molecule has 2 unspecified atom stereocenters. The minimum Gasteiger partial charge on any atom is -0.461 e. The maximum atomic E-state index is 12.8. The number of nitrogen functional groups attached to an aromatic ring is 1. The van der Waals surface area contributed by atoms with Crippen molar-refractivity contribution < 1.29 is 9.53 Å². The molecule has 1 saturated heterocycles. The van der Waals surface area contributed by atoms with Crippen LogP contribution in [0.3, 0.4) is 0 Å². The van der Waals surface area contributed by atoms with E-state index in [9.17, 15) is 4.79 Å². The Morgan fingerprint density at radius 3 is 2.56 bits per heavy atom. The minimum atomic E-state index is -0.230. The van der Waals surface area contributed by atoms with Crippen molar-refractivity contribution in [3.63, 3.8) is 0 Å². The van der Waals surface area contributed by atoms with Crippen molar-refractivity contribution in [1.29, 1.82) is 0 Å². The summed E-state index contributed by atoms with van der Waals surface area (Å²) >= 11 is 12.6. The summed E-state index contributed by atoms with van der Waals surface area (Å²) in [5.41, 5.74) is 9.74. The molecule has 2 fully saturated rings. The lowest BCUT2D eigenvalue weighted by Gasteiger charge is -2.37. The first-order valence-corrected chi connectivity index (χ1v) is 15.2. The number of esters is 1. The van der Waals surface area contributed by atoms with E-state index in [4.69, 9.17) is 38.7 Å². The number of aromatic nitrogens is 2. The Balaban J connectivity index is 1.20. The second kappa shape index (κ2) is 13.8. The monoisotopic (exact) mass is 596 g/mol. The van der Waals surface area contributed by atoms with Gasteiger partial charge in [0.05, 0.1) is 11.9 Å². The SMILES string of the molecule is CCN(Cc1ccc(-c2cnc(N)c(NCc3c(Cl)cccc3Cl)n2)cc1)C1CCNC(C(=O)OC2CCCC2)C1. The van der Waals surface area contributed by atoms with E-state index in [1.54, 1.807) is 18.3 Å². The van der Waals surface area contributed by atoms with Gasteiger partial charge < -0.3 is 21.1 Å². The molecule has 3 aromatic rings. The van der Waals surface area contributed by atoms with Crippen molar-refractivity contribution in [2.75, 3.05) is 24.1 Å². The molecule has 0 radical (unpaired) electrons. The lowest BCUT2D eigenvalue weighted by atomic mass is 9.97. The van der Waals surface area contributed by atoms with Crippen LogP contribution in [0.5, 0.6) is 0 Å². The van der Waals surface area contributed by atoms with Gasteiger partial charge in [0.15, 0.2) is 11.6 Å². The van der Waals surface area contributed by atoms with Crippen LogP contribution in [0.25, 0.3) is 11.3 Å². The van der Waals surface area contributed by atoms with Crippen LogP contribution in [0.1, 0.15) is 56.6 Å². The molecular weight excluding hydrogens is 559 g/mol. The summed E-state index contributed by atoms with van der Waals surface area (Å²) in [4.78, 5) is 24.3. The Morgan fingerprint density at radius 1 is 1.12 bits per heavy atom. The molecule has 0 amide bonds. The maximum absolute atomic E-state index is 12.8. The van der Waals surface area contributed by atoms with Crippen LogP contribution in [0.4, 0.5) is 11.6 Å². The number of hydrogen-bond donors (Lipinski definition) is 3. The van der Waals surface area contributed by atoms with Crippen LogP contribution in [-0.2, 0) is 22.6 Å². The van der Waals surface area contributed by atoms with Gasteiger partial charge in [-0.15, -0.1) is 0 Å². The smallest absolute Gasteiger partial charge is 0.323 e. The Bertz CT molecular complexity index is 1310. The molecule has 2 atom stereocenters. The number of nitrogens with zero attached hydrogens (tertiary/aromatic N) is 3. The highest BCUT2D eigenvalue weighted by Crippen LogP contribution is 2.28. The first-order chi connectivity index (χ1) is 19.9. The van der Waals surface area contributed by atoms with Crippen LogP contribution in [-0.4, -0.2) is 52.1 Å². The molecule has 0 spiro atoms. The summed E-state index contributed by atoms with van der Waals surface area (Å²) in [5.74, 6) is 0.696. The highest BCUT2D eigenvalue weighted by molar-refractivity contribution is 6.36. The molecule has 1 aromatic heterocycles. The fourth-order valence-corrected chi connectivity index (χ4v) is 6.25. The zero-order chi connectivity index (χ0) is 28.8. The predicted molar refractivity (Wildman–Crippen MR) is 165 cm³/mol. The molecule has 1 saturated carbocycles. The molecular formula is C31H38Cl2N6O2. The fourth-order valence-electron chi connectivity index (χ4n) is 5.72. The van der Waals surface area contributed by atoms with Gasteiger partial charge in [0.2, 0.25) is 0 Å². The molecule has 2 aromatic carbocycles. The molecule has 5 rings (SSSR count). The molecule has 8 nitrogen and oxygen atoms in total. The van der Waals surface area contributed by atoms with Gasteiger partial charge in [0.25, 0.3) is 0 Å². The molecule has 2 heterocycles. The van der Waals surface area contributed by atoms with Crippen molar-refractivity contribution in [3.05, 3.63) is 69.8 Å². The van der Waals surface area contributed by atoms with Crippen molar-refractivity contribution >= 4 is 40.8 Å². The summed E-state index contributed by atoms with van der Waals surface area (Å²) < 4.78 is 5.79. The molecule has 41 heavy (non-hydrogen) atoms. The van der Waals surface area contributed by atoms with Crippen molar-refractivity contribution in [2.45, 2.75) is 76.7 Å². The average molecular weight is 598 g/mol. The maximum Gasteiger partial charge on any atom is 0.323 e. The van der Waals surface area contributed by atoms with Crippen LogP contribution in [0, 0.1) is 0 Å². The van der Waals surface area contributed by atoms with E-state index in [1.165, 1.54) is 5.56 Å². The summed E-state index contributed by atoms with van der Waals surface area (Å²) in [6, 6.07) is 13.9. The minimum absolute atomic E-state index is 0.0876. The number of nitrogens with one attached hydrogen (secondary N) is 2. The number of nitrogens with two attached hydrogens (primary N) is 1. The fraction of sp³-hybridized carbons (Fsp3) is 0.452. The predicted octanol–water partition coefficient (Wildman–Crippen LogP) is 6.07. The number of carbonyl (C=O) groups excluding carboxylic acids is 1. The number of halogens is 2. The second-order valence-electron chi connectivity index (χ2n) is 10.8. The molecule has 1 aliphatic heterocycles. The van der Waals surface area contributed by atoms with Gasteiger partial charge in [-0.1, -0.05) is 60.5 Å². The normalized spacial score (nSPS) is 19.4. The lowest BCUT2D eigenvalue weighted by molar-refractivity contribution is -0.152. The van der Waals surface area contributed by atoms with Gasteiger partial charge in [-0.3, -0.25) is 9.69 Å². The highest BCUT2D eigenvalue weighted by Gasteiger charge is 2.32. The third-order valence-corrected chi connectivity index (χ3v) is 8.81. The Hall–Kier alpha value is -2.91. The van der Waals surface area contributed by atoms with E-state index in [0.717, 1.165) is 69.3 Å². The number of ether oxygens (including phenoxy) is 1. The topological polar surface area (TPSA) is 105 Å². The van der Waals surface area contributed by atoms with Gasteiger partial charge in [0, 0.05) is 40.3 Å². The van der Waals surface area contributed by atoms with E-state index < -0.39 is 0 Å². The van der Waals surface area contributed by atoms with Gasteiger partial charge in [-0.25, -0.2) is 9.97 Å². The summed E-state index contributed by atoms with van der Waals surface area (Å²) in [6.45, 7) is 5.09. The van der Waals surface area contributed by atoms with Crippen molar-refractivity contribution in [1.82, 2.24) is 20.2 Å². The largest absolute Gasteiger partial charge is 0.461 e. The standard InChI is InChI=1S/C31H38Cl2N6O2/c1-2-39(22-14-15-35-27(16-22)31(40)41-23-6-3-4-7-23)19-20-10-12-21(13-11-20)28-18-36-29(34)30(38-28)37-17-24-25(32)8-5-9-26(24)33/h5,8-13,18,22-23,27,35H,2-4,6-7,14-17,19H2,1H3,(H2,34,36)(H,37,38). The van der Waals surface area contributed by atoms with Crippen LogP contribution >= 0.6 is 23.2 Å². The molecule has 1 aliphatic carbocycles. The molecule has 2 aliphatic rings. The number of piperidine rings is 1. The lowest BCUT2D eigenvalue weighted by Crippen LogP contribution is -2.51. The molecule has 218 valence electrons. The second-order valence-corrected chi connectivity index (χ2v) is 11.6. The van der Waals surface area contributed by atoms with E-state index in [0.29, 0.717) is 40.0 Å². The quantitative estimate of drug-likeness (QED) is 0.242. The zero-order valence-electron chi connectivity index (χ0n) is 23.4. The van der Waals surface area contributed by atoms with Gasteiger partial charge >= 0.3 is 5.97 Å². The van der Waals surface area contributed by atoms with Gasteiger partial charge in [-0.2, -0.15) is 0 Å². The average Bonchev–Trinajstić information content (AvgIpc) is 3.50. The summed E-state index contributed by atoms with van der Waals surface area (Å²) in [7, 11) is 0.